The molecule has 2 aliphatic heterocycles. The third-order valence-corrected chi connectivity index (χ3v) is 5.91. The number of hydrogen-bond donors (Lipinski definition) is 1. The molecule has 1 unspecified atom stereocenters. The quantitative estimate of drug-likeness (QED) is 0.787. The largest absolute Gasteiger partial charge is 0.486 e. The highest BCUT2D eigenvalue weighted by Crippen LogP contribution is 2.34. The molecule has 0 bridgehead atoms. The molecule has 1 fully saturated rings. The molecule has 0 radical (unpaired) electrons. The minimum atomic E-state index is 0.0807. The molecule has 0 saturated carbocycles. The molecule has 0 aromatic heterocycles. The molecule has 3 rings (SSSR count). The third kappa shape index (κ3) is 5.28. The topological polar surface area (TPSA) is 50.8 Å². The number of thioether (sulfide) groups is 1. The lowest BCUT2D eigenvalue weighted by molar-refractivity contribution is -0.118. The van der Waals surface area contributed by atoms with E-state index >= 15 is 0 Å². The zero-order valence-corrected chi connectivity index (χ0v) is 15.9. The molecule has 2 heterocycles. The number of nitrogens with zero attached hydrogens (tertiary/aromatic N) is 1. The predicted molar refractivity (Wildman–Crippen MR) is 101 cm³/mol. The van der Waals surface area contributed by atoms with E-state index in [1.165, 1.54) is 24.6 Å². The van der Waals surface area contributed by atoms with E-state index in [9.17, 15) is 4.79 Å². The van der Waals surface area contributed by atoms with Crippen molar-refractivity contribution in [2.75, 3.05) is 38.6 Å². The fourth-order valence-electron chi connectivity index (χ4n) is 3.17. The first-order chi connectivity index (χ1) is 12.1. The molecule has 0 aliphatic carbocycles. The molecule has 5 nitrogen and oxygen atoms in total. The number of piperidine rings is 1. The fraction of sp³-hybridized carbons (Fsp3) is 0.632. The molecule has 1 atom stereocenters. The van der Waals surface area contributed by atoms with Gasteiger partial charge < -0.3 is 14.8 Å². The SMILES string of the molecule is CC1CCN(C(C)CNC(=O)CSc2ccc3c(c2)OCCO3)CC1. The van der Waals surface area contributed by atoms with E-state index in [0.29, 0.717) is 25.0 Å². The van der Waals surface area contributed by atoms with E-state index in [-0.39, 0.29) is 5.91 Å². The summed E-state index contributed by atoms with van der Waals surface area (Å²) in [6.07, 6.45) is 2.52. The molecule has 1 saturated heterocycles. The van der Waals surface area contributed by atoms with Crippen LogP contribution in [0.2, 0.25) is 0 Å². The van der Waals surface area contributed by atoms with Crippen LogP contribution in [-0.2, 0) is 4.79 Å². The summed E-state index contributed by atoms with van der Waals surface area (Å²) in [6, 6.07) is 6.23. The molecule has 1 aromatic carbocycles. The smallest absolute Gasteiger partial charge is 0.230 e. The van der Waals surface area contributed by atoms with Crippen molar-refractivity contribution >= 4 is 17.7 Å². The number of benzene rings is 1. The molecule has 1 aromatic rings. The summed E-state index contributed by atoms with van der Waals surface area (Å²) in [5.41, 5.74) is 0. The van der Waals surface area contributed by atoms with Crippen molar-refractivity contribution in [2.24, 2.45) is 5.92 Å². The summed E-state index contributed by atoms with van der Waals surface area (Å²) in [4.78, 5) is 15.6. The van der Waals surface area contributed by atoms with Crippen molar-refractivity contribution in [1.29, 1.82) is 0 Å². The number of likely N-dealkylation sites (tertiary alicyclic amines) is 1. The first-order valence-electron chi connectivity index (χ1n) is 9.15. The predicted octanol–water partition coefficient (Wildman–Crippen LogP) is 2.79. The van der Waals surface area contributed by atoms with Crippen molar-refractivity contribution in [3.05, 3.63) is 18.2 Å². The summed E-state index contributed by atoms with van der Waals surface area (Å²) in [6.45, 7) is 8.69. The van der Waals surface area contributed by atoms with E-state index in [1.54, 1.807) is 0 Å². The molecule has 1 amide bonds. The van der Waals surface area contributed by atoms with Crippen molar-refractivity contribution < 1.29 is 14.3 Å². The highest BCUT2D eigenvalue weighted by molar-refractivity contribution is 8.00. The van der Waals surface area contributed by atoms with Crippen molar-refractivity contribution in [3.8, 4) is 11.5 Å². The molecule has 0 spiro atoms. The van der Waals surface area contributed by atoms with Gasteiger partial charge in [0, 0.05) is 17.5 Å². The van der Waals surface area contributed by atoms with Crippen LogP contribution in [0.3, 0.4) is 0 Å². The van der Waals surface area contributed by atoms with Gasteiger partial charge in [0.2, 0.25) is 5.91 Å². The maximum Gasteiger partial charge on any atom is 0.230 e. The lowest BCUT2D eigenvalue weighted by atomic mass is 9.98. The Hall–Kier alpha value is -1.40. The highest BCUT2D eigenvalue weighted by Gasteiger charge is 2.20. The highest BCUT2D eigenvalue weighted by atomic mass is 32.2. The Bertz CT molecular complexity index is 588. The second kappa shape index (κ2) is 8.81. The Kier molecular flexibility index (Phi) is 6.48. The van der Waals surface area contributed by atoms with Gasteiger partial charge in [-0.2, -0.15) is 0 Å². The van der Waals surface area contributed by atoms with Crippen LogP contribution in [0.4, 0.5) is 0 Å². The lowest BCUT2D eigenvalue weighted by Gasteiger charge is -2.35. The van der Waals surface area contributed by atoms with Gasteiger partial charge in [-0.15, -0.1) is 11.8 Å². The first kappa shape index (κ1) is 18.4. The second-order valence-corrected chi connectivity index (χ2v) is 8.01. The number of hydrogen-bond acceptors (Lipinski definition) is 5. The van der Waals surface area contributed by atoms with Crippen LogP contribution >= 0.6 is 11.8 Å². The fourth-order valence-corrected chi connectivity index (χ4v) is 3.93. The molecular formula is C19H28N2O3S. The molecule has 1 N–H and O–H groups in total. The van der Waals surface area contributed by atoms with Gasteiger partial charge in [-0.3, -0.25) is 9.69 Å². The minimum Gasteiger partial charge on any atom is -0.486 e. The zero-order valence-electron chi connectivity index (χ0n) is 15.1. The van der Waals surface area contributed by atoms with Gasteiger partial charge in [-0.25, -0.2) is 0 Å². The first-order valence-corrected chi connectivity index (χ1v) is 10.1. The molecule has 2 aliphatic rings. The molecule has 6 heteroatoms. The average Bonchev–Trinajstić information content (AvgIpc) is 2.65. The Labute approximate surface area is 154 Å². The van der Waals surface area contributed by atoms with Crippen LogP contribution in [0, 0.1) is 5.92 Å². The van der Waals surface area contributed by atoms with Gasteiger partial charge in [0.15, 0.2) is 11.5 Å². The van der Waals surface area contributed by atoms with E-state index in [0.717, 1.165) is 41.9 Å². The summed E-state index contributed by atoms with van der Waals surface area (Å²) in [7, 11) is 0. The van der Waals surface area contributed by atoms with Crippen LogP contribution in [0.15, 0.2) is 23.1 Å². The molecule has 138 valence electrons. The van der Waals surface area contributed by atoms with E-state index in [2.05, 4.69) is 24.1 Å². The van der Waals surface area contributed by atoms with E-state index in [1.807, 2.05) is 18.2 Å². The standard InChI is InChI=1S/C19H28N2O3S/c1-14-5-7-21(8-6-14)15(2)12-20-19(22)13-25-16-3-4-17-18(11-16)24-10-9-23-17/h3-4,11,14-15H,5-10,12-13H2,1-2H3,(H,20,22). The number of carbonyl (C=O) groups excluding carboxylic acids is 1. The third-order valence-electron chi connectivity index (χ3n) is 4.92. The van der Waals surface area contributed by atoms with Crippen molar-refractivity contribution in [3.63, 3.8) is 0 Å². The van der Waals surface area contributed by atoms with Gasteiger partial charge in [0.25, 0.3) is 0 Å². The summed E-state index contributed by atoms with van der Waals surface area (Å²) >= 11 is 1.53. The van der Waals surface area contributed by atoms with Crippen molar-refractivity contribution in [2.45, 2.75) is 37.6 Å². The maximum absolute atomic E-state index is 12.1. The summed E-state index contributed by atoms with van der Waals surface area (Å²) < 4.78 is 11.1. The average molecular weight is 365 g/mol. The molecule has 25 heavy (non-hydrogen) atoms. The van der Waals surface area contributed by atoms with Crippen LogP contribution in [0.1, 0.15) is 26.7 Å². The zero-order chi connectivity index (χ0) is 17.6. The number of carbonyl (C=O) groups is 1. The van der Waals surface area contributed by atoms with Gasteiger partial charge in [0.1, 0.15) is 13.2 Å². The Morgan fingerprint density at radius 1 is 1.28 bits per heavy atom. The van der Waals surface area contributed by atoms with E-state index < -0.39 is 0 Å². The Balaban J connectivity index is 1.39. The summed E-state index contributed by atoms with van der Waals surface area (Å²) in [5.74, 6) is 2.88. The minimum absolute atomic E-state index is 0.0807. The van der Waals surface area contributed by atoms with Gasteiger partial charge >= 0.3 is 0 Å². The number of rotatable bonds is 6. The van der Waals surface area contributed by atoms with Crippen LogP contribution in [0.5, 0.6) is 11.5 Å². The number of fused-ring (bicyclic) bond motifs is 1. The van der Waals surface area contributed by atoms with Crippen LogP contribution in [0.25, 0.3) is 0 Å². The Morgan fingerprint density at radius 3 is 2.76 bits per heavy atom. The van der Waals surface area contributed by atoms with Crippen LogP contribution < -0.4 is 14.8 Å². The molecular weight excluding hydrogens is 336 g/mol. The van der Waals surface area contributed by atoms with Crippen molar-refractivity contribution in [1.82, 2.24) is 10.2 Å². The number of nitrogens with one attached hydrogen (secondary N) is 1. The van der Waals surface area contributed by atoms with Gasteiger partial charge in [-0.05, 0) is 57.0 Å². The second-order valence-electron chi connectivity index (χ2n) is 6.97. The van der Waals surface area contributed by atoms with Gasteiger partial charge in [0.05, 0.1) is 5.75 Å². The monoisotopic (exact) mass is 364 g/mol. The number of amides is 1. The Morgan fingerprint density at radius 2 is 2.00 bits per heavy atom. The number of ether oxygens (including phenoxy) is 2. The lowest BCUT2D eigenvalue weighted by Crippen LogP contribution is -2.45. The summed E-state index contributed by atoms with van der Waals surface area (Å²) in [5, 5.41) is 3.07. The van der Waals surface area contributed by atoms with Gasteiger partial charge in [-0.1, -0.05) is 6.92 Å². The maximum atomic E-state index is 12.1. The van der Waals surface area contributed by atoms with Crippen LogP contribution in [-0.4, -0.2) is 55.4 Å². The normalized spacial score (nSPS) is 19.4. The van der Waals surface area contributed by atoms with E-state index in [4.69, 9.17) is 9.47 Å².